The van der Waals surface area contributed by atoms with Gasteiger partial charge in [0.25, 0.3) is 0 Å². The van der Waals surface area contributed by atoms with Crippen molar-refractivity contribution in [1.29, 1.82) is 0 Å². The highest BCUT2D eigenvalue weighted by molar-refractivity contribution is 6.00. The molecule has 1 spiro atoms. The number of fused-ring (bicyclic) bond motifs is 1. The first-order valence-electron chi connectivity index (χ1n) is 8.70. The number of hydrogen-bond donors (Lipinski definition) is 0. The van der Waals surface area contributed by atoms with Crippen LogP contribution in [0.4, 0.5) is 0 Å². The maximum absolute atomic E-state index is 12.9. The average Bonchev–Trinajstić information content (AvgIpc) is 3.22. The van der Waals surface area contributed by atoms with Gasteiger partial charge >= 0.3 is 0 Å². The van der Waals surface area contributed by atoms with E-state index in [2.05, 4.69) is 0 Å². The number of ether oxygens (including phenoxy) is 2. The van der Waals surface area contributed by atoms with Crippen LogP contribution in [-0.4, -0.2) is 18.5 Å². The van der Waals surface area contributed by atoms with Gasteiger partial charge in [0, 0.05) is 36.1 Å². The first-order valence-corrected chi connectivity index (χ1v) is 8.70. The summed E-state index contributed by atoms with van der Waals surface area (Å²) < 4.78 is 12.5. The van der Waals surface area contributed by atoms with E-state index < -0.39 is 0 Å². The predicted molar refractivity (Wildman–Crippen MR) is 92.0 cm³/mol. The lowest BCUT2D eigenvalue weighted by Crippen LogP contribution is -2.30. The summed E-state index contributed by atoms with van der Waals surface area (Å²) >= 11 is 0. The fourth-order valence-electron chi connectivity index (χ4n) is 4.03. The lowest BCUT2D eigenvalue weighted by atomic mass is 9.90. The molecule has 2 aromatic rings. The van der Waals surface area contributed by atoms with Gasteiger partial charge in [0.2, 0.25) is 0 Å². The summed E-state index contributed by atoms with van der Waals surface area (Å²) in [4.78, 5) is 12.9. The van der Waals surface area contributed by atoms with E-state index in [1.54, 1.807) is 19.2 Å². The van der Waals surface area contributed by atoms with Crippen molar-refractivity contribution in [1.82, 2.24) is 0 Å². The second-order valence-corrected chi connectivity index (χ2v) is 6.96. The third kappa shape index (κ3) is 2.84. The maximum Gasteiger partial charge on any atom is 0.180 e. The van der Waals surface area contributed by atoms with Crippen LogP contribution < -0.4 is 14.2 Å². The summed E-state index contributed by atoms with van der Waals surface area (Å²) in [5, 5.41) is 11.1. The van der Waals surface area contributed by atoms with Crippen LogP contribution >= 0.6 is 0 Å². The third-order valence-electron chi connectivity index (χ3n) is 5.31. The number of rotatable bonds is 4. The van der Waals surface area contributed by atoms with Crippen molar-refractivity contribution in [3.8, 4) is 11.5 Å². The van der Waals surface area contributed by atoms with Gasteiger partial charge in [-0.1, -0.05) is 0 Å². The van der Waals surface area contributed by atoms with Gasteiger partial charge in [-0.05, 0) is 43.4 Å². The summed E-state index contributed by atoms with van der Waals surface area (Å²) in [5.41, 5.74) is 2.35. The molecule has 2 aliphatic rings. The molecule has 0 atom stereocenters. The molecule has 1 aromatic carbocycles. The van der Waals surface area contributed by atoms with Crippen LogP contribution in [0.5, 0.6) is 11.5 Å². The number of benzene rings is 1. The molecule has 0 saturated heterocycles. The van der Waals surface area contributed by atoms with E-state index in [0.29, 0.717) is 11.3 Å². The average molecular weight is 339 g/mol. The molecule has 0 radical (unpaired) electrons. The SMILES string of the molecule is COc1ccc(C(=O)Cc2cc[n+]([O-])cc2)c2c1OC1(CCCC1)C2. The maximum atomic E-state index is 12.9. The molecule has 0 N–H and O–H groups in total. The molecular formula is C20H21NO4. The fraction of sp³-hybridized carbons (Fsp3) is 0.400. The monoisotopic (exact) mass is 339 g/mol. The Bertz CT molecular complexity index is 807. The molecule has 1 aliphatic carbocycles. The van der Waals surface area contributed by atoms with Crippen molar-refractivity contribution >= 4 is 5.78 Å². The van der Waals surface area contributed by atoms with Crippen molar-refractivity contribution in [3.63, 3.8) is 0 Å². The Morgan fingerprint density at radius 1 is 1.24 bits per heavy atom. The van der Waals surface area contributed by atoms with E-state index in [1.165, 1.54) is 25.2 Å². The Kier molecular flexibility index (Phi) is 3.86. The van der Waals surface area contributed by atoms with Crippen LogP contribution in [0, 0.1) is 5.21 Å². The summed E-state index contributed by atoms with van der Waals surface area (Å²) in [6, 6.07) is 7.03. The summed E-state index contributed by atoms with van der Waals surface area (Å²) in [6.45, 7) is 0. The molecule has 25 heavy (non-hydrogen) atoms. The zero-order valence-electron chi connectivity index (χ0n) is 14.3. The van der Waals surface area contributed by atoms with Crippen LogP contribution in [0.25, 0.3) is 0 Å². The number of aromatic nitrogens is 1. The number of carbonyl (C=O) groups excluding carboxylic acids is 1. The normalized spacial score (nSPS) is 17.3. The zero-order chi connectivity index (χ0) is 17.4. The van der Waals surface area contributed by atoms with Gasteiger partial charge in [-0.3, -0.25) is 4.79 Å². The quantitative estimate of drug-likeness (QED) is 0.488. The predicted octanol–water partition coefficient (Wildman–Crippen LogP) is 3.00. The standard InChI is InChI=1S/C20H21NO4/c1-24-18-5-4-15(17(22)12-14-6-10-21(23)11-7-14)16-13-20(25-19(16)18)8-2-3-9-20/h4-7,10-11H,2-3,8-9,12-13H2,1H3. The zero-order valence-corrected chi connectivity index (χ0v) is 14.3. The molecule has 130 valence electrons. The molecule has 5 nitrogen and oxygen atoms in total. The molecule has 4 rings (SSSR count). The summed E-state index contributed by atoms with van der Waals surface area (Å²) in [7, 11) is 1.63. The van der Waals surface area contributed by atoms with Gasteiger partial charge < -0.3 is 14.7 Å². The Morgan fingerprint density at radius 3 is 2.64 bits per heavy atom. The van der Waals surface area contributed by atoms with Gasteiger partial charge in [0.1, 0.15) is 5.60 Å². The molecule has 1 aromatic heterocycles. The van der Waals surface area contributed by atoms with Crippen LogP contribution in [0.15, 0.2) is 36.7 Å². The number of methoxy groups -OCH3 is 1. The summed E-state index contributed by atoms with van der Waals surface area (Å²) in [6.07, 6.45) is 8.26. The van der Waals surface area contributed by atoms with Crippen molar-refractivity contribution in [2.75, 3.05) is 7.11 Å². The van der Waals surface area contributed by atoms with Gasteiger partial charge in [-0.2, -0.15) is 4.73 Å². The van der Waals surface area contributed by atoms with Crippen LogP contribution in [0.2, 0.25) is 0 Å². The second kappa shape index (κ2) is 6.06. The first-order chi connectivity index (χ1) is 12.1. The molecule has 0 unspecified atom stereocenters. The van der Waals surface area contributed by atoms with E-state index in [9.17, 15) is 10.0 Å². The minimum Gasteiger partial charge on any atom is -0.619 e. The Morgan fingerprint density at radius 2 is 1.96 bits per heavy atom. The van der Waals surface area contributed by atoms with Gasteiger partial charge in [-0.25, -0.2) is 0 Å². The van der Waals surface area contributed by atoms with Crippen molar-refractivity contribution in [3.05, 3.63) is 58.6 Å². The number of hydrogen-bond acceptors (Lipinski definition) is 4. The molecule has 1 saturated carbocycles. The minimum absolute atomic E-state index is 0.0428. The molecule has 0 bridgehead atoms. The third-order valence-corrected chi connectivity index (χ3v) is 5.31. The van der Waals surface area contributed by atoms with Crippen molar-refractivity contribution < 1.29 is 19.0 Å². The van der Waals surface area contributed by atoms with E-state index in [0.717, 1.165) is 40.9 Å². The second-order valence-electron chi connectivity index (χ2n) is 6.96. The van der Waals surface area contributed by atoms with E-state index in [1.807, 2.05) is 12.1 Å². The van der Waals surface area contributed by atoms with Crippen LogP contribution in [-0.2, 0) is 12.8 Å². The Balaban J connectivity index is 1.66. The smallest absolute Gasteiger partial charge is 0.180 e. The number of carbonyl (C=O) groups is 1. The molecule has 1 aliphatic heterocycles. The van der Waals surface area contributed by atoms with Gasteiger partial charge in [0.05, 0.1) is 7.11 Å². The number of ketones is 1. The lowest BCUT2D eigenvalue weighted by Gasteiger charge is -2.22. The molecule has 5 heteroatoms. The highest BCUT2D eigenvalue weighted by Gasteiger charge is 2.44. The molecule has 1 fully saturated rings. The number of Topliss-reactive ketones (excluding diaryl/α,β-unsaturated/α-hetero) is 1. The van der Waals surface area contributed by atoms with E-state index in [-0.39, 0.29) is 17.8 Å². The van der Waals surface area contributed by atoms with Crippen molar-refractivity contribution in [2.24, 2.45) is 0 Å². The summed E-state index contributed by atoms with van der Waals surface area (Å²) in [5.74, 6) is 1.48. The Labute approximate surface area is 146 Å². The van der Waals surface area contributed by atoms with E-state index >= 15 is 0 Å². The highest BCUT2D eigenvalue weighted by Crippen LogP contribution is 2.49. The van der Waals surface area contributed by atoms with Crippen LogP contribution in [0.3, 0.4) is 0 Å². The van der Waals surface area contributed by atoms with Gasteiger partial charge in [-0.15, -0.1) is 0 Å². The lowest BCUT2D eigenvalue weighted by molar-refractivity contribution is -0.605. The van der Waals surface area contributed by atoms with Gasteiger partial charge in [0.15, 0.2) is 29.7 Å². The largest absolute Gasteiger partial charge is 0.619 e. The fourth-order valence-corrected chi connectivity index (χ4v) is 4.03. The minimum atomic E-state index is -0.160. The molecule has 0 amide bonds. The van der Waals surface area contributed by atoms with E-state index in [4.69, 9.17) is 9.47 Å². The first kappa shape index (κ1) is 15.9. The van der Waals surface area contributed by atoms with Crippen molar-refractivity contribution in [2.45, 2.75) is 44.1 Å². The topological polar surface area (TPSA) is 62.5 Å². The van der Waals surface area contributed by atoms with Crippen LogP contribution in [0.1, 0.15) is 47.2 Å². The Hall–Kier alpha value is -2.56. The molecular weight excluding hydrogens is 318 g/mol. The number of pyridine rings is 1. The number of nitrogens with zero attached hydrogens (tertiary/aromatic N) is 1. The molecule has 2 heterocycles. The highest BCUT2D eigenvalue weighted by atomic mass is 16.5.